The van der Waals surface area contributed by atoms with Crippen molar-refractivity contribution in [1.29, 1.82) is 0 Å². The number of methoxy groups -OCH3 is 1. The van der Waals surface area contributed by atoms with Crippen molar-refractivity contribution < 1.29 is 13.9 Å². The Balaban J connectivity index is 1.45. The number of benzene rings is 3. The zero-order valence-corrected chi connectivity index (χ0v) is 17.4. The monoisotopic (exact) mass is 428 g/mol. The van der Waals surface area contributed by atoms with E-state index in [1.165, 1.54) is 30.6 Å². The molecule has 32 heavy (non-hydrogen) atoms. The van der Waals surface area contributed by atoms with Gasteiger partial charge in [-0.3, -0.25) is 4.79 Å². The average molecular weight is 428 g/mol. The molecule has 0 aliphatic heterocycles. The van der Waals surface area contributed by atoms with E-state index in [9.17, 15) is 9.18 Å². The Bertz CT molecular complexity index is 1230. The van der Waals surface area contributed by atoms with E-state index in [1.54, 1.807) is 7.11 Å². The number of ether oxygens (including phenoxy) is 1. The van der Waals surface area contributed by atoms with Crippen molar-refractivity contribution in [3.63, 3.8) is 0 Å². The number of anilines is 2. The second kappa shape index (κ2) is 9.70. The van der Waals surface area contributed by atoms with Crippen LogP contribution in [0.4, 0.5) is 15.9 Å². The summed E-state index contributed by atoms with van der Waals surface area (Å²) in [7, 11) is 1.62. The number of carbonyl (C=O) groups excluding carboxylic acids is 1. The SMILES string of the molecule is COc1ccccc1-c1cc(Nc2cccc(CNC(=O)c3ccc(F)cc3)c2)ncn1. The second-order valence-corrected chi connectivity index (χ2v) is 7.00. The molecule has 4 aromatic rings. The van der Waals surface area contributed by atoms with Crippen molar-refractivity contribution in [2.24, 2.45) is 0 Å². The highest BCUT2D eigenvalue weighted by Crippen LogP contribution is 2.29. The normalized spacial score (nSPS) is 10.4. The smallest absolute Gasteiger partial charge is 0.251 e. The van der Waals surface area contributed by atoms with Gasteiger partial charge in [0.15, 0.2) is 0 Å². The van der Waals surface area contributed by atoms with Crippen molar-refractivity contribution >= 4 is 17.4 Å². The summed E-state index contributed by atoms with van der Waals surface area (Å²) in [5.41, 5.74) is 3.75. The maximum absolute atomic E-state index is 13.0. The fourth-order valence-corrected chi connectivity index (χ4v) is 3.22. The lowest BCUT2D eigenvalue weighted by Gasteiger charge is -2.11. The Morgan fingerprint density at radius 2 is 1.78 bits per heavy atom. The third-order valence-corrected chi connectivity index (χ3v) is 4.81. The summed E-state index contributed by atoms with van der Waals surface area (Å²) >= 11 is 0. The number of aromatic nitrogens is 2. The molecule has 0 atom stereocenters. The van der Waals surface area contributed by atoms with Gasteiger partial charge in [0, 0.05) is 29.4 Å². The van der Waals surface area contributed by atoms with Crippen LogP contribution in [-0.4, -0.2) is 23.0 Å². The van der Waals surface area contributed by atoms with E-state index >= 15 is 0 Å². The predicted octanol–water partition coefficient (Wildman–Crippen LogP) is 4.96. The third kappa shape index (κ3) is 5.07. The number of rotatable bonds is 7. The first-order valence-electron chi connectivity index (χ1n) is 9.97. The lowest BCUT2D eigenvalue weighted by molar-refractivity contribution is 0.0951. The maximum atomic E-state index is 13.0. The largest absolute Gasteiger partial charge is 0.496 e. The molecule has 0 saturated heterocycles. The van der Waals surface area contributed by atoms with Crippen LogP contribution in [0.15, 0.2) is 85.2 Å². The highest BCUT2D eigenvalue weighted by molar-refractivity contribution is 5.94. The van der Waals surface area contributed by atoms with E-state index in [1.807, 2.05) is 54.6 Å². The number of halogens is 1. The van der Waals surface area contributed by atoms with Crippen molar-refractivity contribution in [2.45, 2.75) is 6.54 Å². The van der Waals surface area contributed by atoms with Crippen LogP contribution in [0.3, 0.4) is 0 Å². The molecule has 0 bridgehead atoms. The average Bonchev–Trinajstić information content (AvgIpc) is 2.83. The molecule has 1 aromatic heterocycles. The van der Waals surface area contributed by atoms with E-state index in [0.717, 1.165) is 28.3 Å². The zero-order chi connectivity index (χ0) is 22.3. The highest BCUT2D eigenvalue weighted by Gasteiger charge is 2.09. The molecule has 0 aliphatic carbocycles. The molecular formula is C25H21FN4O2. The molecule has 4 rings (SSSR count). The molecule has 1 heterocycles. The summed E-state index contributed by atoms with van der Waals surface area (Å²) in [5.74, 6) is 0.726. The van der Waals surface area contributed by atoms with E-state index in [4.69, 9.17) is 4.74 Å². The van der Waals surface area contributed by atoms with Gasteiger partial charge in [0.05, 0.1) is 12.8 Å². The first-order chi connectivity index (χ1) is 15.6. The van der Waals surface area contributed by atoms with Crippen LogP contribution < -0.4 is 15.4 Å². The molecule has 0 aliphatic rings. The minimum Gasteiger partial charge on any atom is -0.496 e. The minimum atomic E-state index is -0.376. The molecule has 160 valence electrons. The summed E-state index contributed by atoms with van der Waals surface area (Å²) in [4.78, 5) is 20.9. The maximum Gasteiger partial charge on any atom is 0.251 e. The van der Waals surface area contributed by atoms with Gasteiger partial charge in [0.25, 0.3) is 5.91 Å². The molecule has 0 radical (unpaired) electrons. The summed E-state index contributed by atoms with van der Waals surface area (Å²) in [6.07, 6.45) is 1.50. The van der Waals surface area contributed by atoms with Crippen LogP contribution in [-0.2, 0) is 6.54 Å². The molecule has 7 heteroatoms. The Morgan fingerprint density at radius 1 is 0.969 bits per heavy atom. The molecule has 1 amide bonds. The number of para-hydroxylation sites is 1. The molecular weight excluding hydrogens is 407 g/mol. The molecule has 2 N–H and O–H groups in total. The standard InChI is InChI=1S/C25H21FN4O2/c1-32-23-8-3-2-7-21(23)22-14-24(29-16-28-22)30-20-6-4-5-17(13-20)15-27-25(31)18-9-11-19(26)12-10-18/h2-14,16H,15H2,1H3,(H,27,31)(H,28,29,30). The molecule has 0 fully saturated rings. The summed E-state index contributed by atoms with van der Waals surface area (Å²) < 4.78 is 18.5. The van der Waals surface area contributed by atoms with Crippen LogP contribution in [0, 0.1) is 5.82 Å². The Morgan fingerprint density at radius 3 is 2.59 bits per heavy atom. The van der Waals surface area contributed by atoms with Gasteiger partial charge in [-0.15, -0.1) is 0 Å². The molecule has 0 saturated carbocycles. The first kappa shape index (κ1) is 21.0. The van der Waals surface area contributed by atoms with Crippen LogP contribution in [0.25, 0.3) is 11.3 Å². The molecule has 3 aromatic carbocycles. The lowest BCUT2D eigenvalue weighted by atomic mass is 10.1. The van der Waals surface area contributed by atoms with E-state index < -0.39 is 0 Å². The predicted molar refractivity (Wildman–Crippen MR) is 121 cm³/mol. The van der Waals surface area contributed by atoms with Gasteiger partial charge in [0.2, 0.25) is 0 Å². The summed E-state index contributed by atoms with van der Waals surface area (Å²) in [6, 6.07) is 22.6. The van der Waals surface area contributed by atoms with Gasteiger partial charge >= 0.3 is 0 Å². The van der Waals surface area contributed by atoms with Crippen LogP contribution >= 0.6 is 0 Å². The zero-order valence-electron chi connectivity index (χ0n) is 17.4. The van der Waals surface area contributed by atoms with Crippen molar-refractivity contribution in [1.82, 2.24) is 15.3 Å². The van der Waals surface area contributed by atoms with E-state index in [0.29, 0.717) is 17.9 Å². The lowest BCUT2D eigenvalue weighted by Crippen LogP contribution is -2.22. The Hall–Kier alpha value is -4.26. The van der Waals surface area contributed by atoms with Crippen molar-refractivity contribution in [3.8, 4) is 17.0 Å². The van der Waals surface area contributed by atoms with Crippen LogP contribution in [0.5, 0.6) is 5.75 Å². The van der Waals surface area contributed by atoms with Crippen molar-refractivity contribution in [2.75, 3.05) is 12.4 Å². The number of hydrogen-bond donors (Lipinski definition) is 2. The van der Waals surface area contributed by atoms with E-state index in [2.05, 4.69) is 20.6 Å². The fraction of sp³-hybridized carbons (Fsp3) is 0.0800. The molecule has 0 unspecified atom stereocenters. The number of nitrogens with zero attached hydrogens (tertiary/aromatic N) is 2. The number of hydrogen-bond acceptors (Lipinski definition) is 5. The van der Waals surface area contributed by atoms with E-state index in [-0.39, 0.29) is 11.7 Å². The number of nitrogens with one attached hydrogen (secondary N) is 2. The molecule has 0 spiro atoms. The van der Waals surface area contributed by atoms with Gasteiger partial charge < -0.3 is 15.4 Å². The Labute approximate surface area is 185 Å². The Kier molecular flexibility index (Phi) is 6.36. The summed E-state index contributed by atoms with van der Waals surface area (Å²) in [5, 5.41) is 6.11. The topological polar surface area (TPSA) is 76.1 Å². The van der Waals surface area contributed by atoms with Gasteiger partial charge in [-0.2, -0.15) is 0 Å². The van der Waals surface area contributed by atoms with Crippen LogP contribution in [0.1, 0.15) is 15.9 Å². The highest BCUT2D eigenvalue weighted by atomic mass is 19.1. The quantitative estimate of drug-likeness (QED) is 0.435. The van der Waals surface area contributed by atoms with Crippen molar-refractivity contribution in [3.05, 3.63) is 102 Å². The van der Waals surface area contributed by atoms with Crippen LogP contribution in [0.2, 0.25) is 0 Å². The first-order valence-corrected chi connectivity index (χ1v) is 9.97. The molecule has 6 nitrogen and oxygen atoms in total. The fourth-order valence-electron chi connectivity index (χ4n) is 3.22. The van der Waals surface area contributed by atoms with Gasteiger partial charge in [0.1, 0.15) is 23.7 Å². The second-order valence-electron chi connectivity index (χ2n) is 7.00. The van der Waals surface area contributed by atoms with Gasteiger partial charge in [-0.05, 0) is 54.1 Å². The van der Waals surface area contributed by atoms with Gasteiger partial charge in [-0.25, -0.2) is 14.4 Å². The van der Waals surface area contributed by atoms with Gasteiger partial charge in [-0.1, -0.05) is 24.3 Å². The number of carbonyl (C=O) groups is 1. The third-order valence-electron chi connectivity index (χ3n) is 4.81. The minimum absolute atomic E-state index is 0.263. The summed E-state index contributed by atoms with van der Waals surface area (Å²) in [6.45, 7) is 0.335. The number of amides is 1.